The molecule has 2 saturated carbocycles. The Hall–Kier alpha value is -1.70. The minimum Gasteiger partial charge on any atom is -0.458 e. The van der Waals surface area contributed by atoms with Crippen LogP contribution in [0.3, 0.4) is 0 Å². The number of hydrogen-bond acceptors (Lipinski definition) is 7. The molecule has 0 aromatic carbocycles. The molecule has 7 nitrogen and oxygen atoms in total. The van der Waals surface area contributed by atoms with Crippen LogP contribution in [-0.2, 0) is 28.5 Å². The number of aliphatic hydroxyl groups excluding tert-OH is 1. The highest BCUT2D eigenvalue weighted by molar-refractivity contribution is 5.91. The summed E-state index contributed by atoms with van der Waals surface area (Å²) in [7, 11) is 0. The molecule has 3 aliphatic heterocycles. The van der Waals surface area contributed by atoms with Gasteiger partial charge in [-0.25, -0.2) is 9.59 Å². The van der Waals surface area contributed by atoms with E-state index >= 15 is 0 Å². The van der Waals surface area contributed by atoms with Crippen LogP contribution in [0, 0.1) is 17.8 Å². The number of hydrogen-bond donors (Lipinski definition) is 1. The van der Waals surface area contributed by atoms with Crippen molar-refractivity contribution in [1.29, 1.82) is 0 Å². The first-order valence-corrected chi connectivity index (χ1v) is 9.47. The normalized spacial score (nSPS) is 52.6. The van der Waals surface area contributed by atoms with Crippen molar-refractivity contribution < 1.29 is 33.6 Å². The third-order valence-electron chi connectivity index (χ3n) is 7.31. The fourth-order valence-corrected chi connectivity index (χ4v) is 5.65. The molecular weight excluding hydrogens is 352 g/mol. The molecule has 2 aliphatic carbocycles. The molecule has 5 fully saturated rings. The van der Waals surface area contributed by atoms with Gasteiger partial charge >= 0.3 is 11.9 Å². The predicted octanol–water partition coefficient (Wildman–Crippen LogP) is 0.899. The van der Waals surface area contributed by atoms with Crippen molar-refractivity contribution in [2.24, 2.45) is 17.8 Å². The number of esters is 2. The molecule has 0 amide bonds. The van der Waals surface area contributed by atoms with Crippen LogP contribution in [0.4, 0.5) is 0 Å². The van der Waals surface area contributed by atoms with Gasteiger partial charge in [-0.2, -0.15) is 0 Å². The van der Waals surface area contributed by atoms with Gasteiger partial charge in [-0.1, -0.05) is 12.7 Å². The van der Waals surface area contributed by atoms with Crippen LogP contribution in [0.2, 0.25) is 0 Å². The molecule has 0 radical (unpaired) electrons. The molecule has 3 heterocycles. The molecule has 3 saturated heterocycles. The van der Waals surface area contributed by atoms with Crippen molar-refractivity contribution in [2.75, 3.05) is 6.61 Å². The molecule has 1 N–H and O–H groups in total. The van der Waals surface area contributed by atoms with Crippen molar-refractivity contribution in [2.45, 2.75) is 62.8 Å². The van der Waals surface area contributed by atoms with Crippen molar-refractivity contribution in [3.63, 3.8) is 0 Å². The minimum atomic E-state index is -0.692. The van der Waals surface area contributed by atoms with Gasteiger partial charge in [0.25, 0.3) is 0 Å². The van der Waals surface area contributed by atoms with Crippen molar-refractivity contribution >= 4 is 11.9 Å². The van der Waals surface area contributed by atoms with Crippen LogP contribution < -0.4 is 0 Å². The van der Waals surface area contributed by atoms with E-state index in [4.69, 9.17) is 18.9 Å². The number of ether oxygens (including phenoxy) is 4. The summed E-state index contributed by atoms with van der Waals surface area (Å²) in [5, 5.41) is 10.9. The standard InChI is InChI=1S/C20H24O7/c1-5-8(2)17(22)25-10-6-20(7-24-20)12-13(19(4)16(27-19)14(12)21)15-11(10)9(3)18(23)26-15/h5,10-16,21H,3,6-7H2,1-2,4H3. The van der Waals surface area contributed by atoms with Gasteiger partial charge in [0, 0.05) is 29.4 Å². The van der Waals surface area contributed by atoms with E-state index in [1.807, 2.05) is 6.92 Å². The molecule has 7 heteroatoms. The second-order valence-electron chi connectivity index (χ2n) is 8.66. The van der Waals surface area contributed by atoms with Gasteiger partial charge in [-0.15, -0.1) is 0 Å². The van der Waals surface area contributed by atoms with Crippen LogP contribution in [0.25, 0.3) is 0 Å². The lowest BCUT2D eigenvalue weighted by molar-refractivity contribution is -0.149. The van der Waals surface area contributed by atoms with Crippen LogP contribution in [-0.4, -0.2) is 59.3 Å². The smallest absolute Gasteiger partial charge is 0.334 e. The monoisotopic (exact) mass is 376 g/mol. The Labute approximate surface area is 157 Å². The largest absolute Gasteiger partial charge is 0.458 e. The van der Waals surface area contributed by atoms with Crippen molar-refractivity contribution in [1.82, 2.24) is 0 Å². The Morgan fingerprint density at radius 2 is 2.11 bits per heavy atom. The Balaban J connectivity index is 1.56. The lowest BCUT2D eigenvalue weighted by Gasteiger charge is -2.33. The lowest BCUT2D eigenvalue weighted by Crippen LogP contribution is -2.44. The molecule has 9 atom stereocenters. The maximum Gasteiger partial charge on any atom is 0.334 e. The molecule has 0 aromatic heterocycles. The van der Waals surface area contributed by atoms with Gasteiger partial charge in [-0.3, -0.25) is 0 Å². The minimum absolute atomic E-state index is 0.222. The fraction of sp³-hybridized carbons (Fsp3) is 0.700. The third kappa shape index (κ3) is 2.13. The second-order valence-corrected chi connectivity index (χ2v) is 8.66. The van der Waals surface area contributed by atoms with Gasteiger partial charge in [0.2, 0.25) is 0 Å². The van der Waals surface area contributed by atoms with E-state index in [9.17, 15) is 14.7 Å². The van der Waals surface area contributed by atoms with E-state index in [1.54, 1.807) is 19.9 Å². The predicted molar refractivity (Wildman–Crippen MR) is 91.4 cm³/mol. The number of carbonyl (C=O) groups excluding carboxylic acids is 2. The zero-order valence-corrected chi connectivity index (χ0v) is 15.6. The van der Waals surface area contributed by atoms with Gasteiger partial charge in [0.1, 0.15) is 29.5 Å². The highest BCUT2D eigenvalue weighted by Gasteiger charge is 2.81. The number of fused-ring (bicyclic) bond motifs is 6. The number of epoxide rings is 2. The van der Waals surface area contributed by atoms with E-state index < -0.39 is 47.4 Å². The molecular formula is C20H24O7. The van der Waals surface area contributed by atoms with Gasteiger partial charge in [0.05, 0.1) is 18.6 Å². The van der Waals surface area contributed by atoms with Crippen LogP contribution in [0.1, 0.15) is 27.2 Å². The summed E-state index contributed by atoms with van der Waals surface area (Å²) in [6.07, 6.45) is -0.0127. The average Bonchev–Trinajstić information content (AvgIpc) is 3.50. The van der Waals surface area contributed by atoms with Gasteiger partial charge < -0.3 is 24.1 Å². The SMILES string of the molecule is C=C1C(=O)OC2C1C(OC(=O)C(C)=CC)CC1(CO1)C1C(O)C3OC3(C)C21. The average molecular weight is 376 g/mol. The van der Waals surface area contributed by atoms with E-state index in [2.05, 4.69) is 6.58 Å². The summed E-state index contributed by atoms with van der Waals surface area (Å²) in [6.45, 7) is 9.82. The molecule has 5 aliphatic rings. The van der Waals surface area contributed by atoms with E-state index in [0.29, 0.717) is 24.2 Å². The Morgan fingerprint density at radius 3 is 2.74 bits per heavy atom. The molecule has 0 bridgehead atoms. The fourth-order valence-electron chi connectivity index (χ4n) is 5.65. The summed E-state index contributed by atoms with van der Waals surface area (Å²) >= 11 is 0. The quantitative estimate of drug-likeness (QED) is 0.434. The number of rotatable bonds is 2. The van der Waals surface area contributed by atoms with Crippen molar-refractivity contribution in [3.05, 3.63) is 23.8 Å². The summed E-state index contributed by atoms with van der Waals surface area (Å²) in [5.74, 6) is -1.81. The zero-order valence-electron chi connectivity index (χ0n) is 15.6. The van der Waals surface area contributed by atoms with E-state index in [0.717, 1.165) is 0 Å². The first-order valence-electron chi connectivity index (χ1n) is 9.47. The highest BCUT2D eigenvalue weighted by Crippen LogP contribution is 2.67. The Bertz CT molecular complexity index is 781. The van der Waals surface area contributed by atoms with Crippen molar-refractivity contribution in [3.8, 4) is 0 Å². The number of carbonyl (C=O) groups is 2. The lowest BCUT2D eigenvalue weighted by atomic mass is 9.76. The maximum atomic E-state index is 12.4. The maximum absolute atomic E-state index is 12.4. The third-order valence-corrected chi connectivity index (χ3v) is 7.31. The summed E-state index contributed by atoms with van der Waals surface area (Å²) in [6, 6.07) is 0. The first-order chi connectivity index (χ1) is 12.7. The highest BCUT2D eigenvalue weighted by atomic mass is 16.6. The summed E-state index contributed by atoms with van der Waals surface area (Å²) in [5.41, 5.74) is -0.324. The van der Waals surface area contributed by atoms with E-state index in [1.165, 1.54) is 0 Å². The zero-order chi connectivity index (χ0) is 19.3. The van der Waals surface area contributed by atoms with Gasteiger partial charge in [-0.05, 0) is 20.8 Å². The molecule has 27 heavy (non-hydrogen) atoms. The molecule has 9 unspecified atom stereocenters. The van der Waals surface area contributed by atoms with Crippen LogP contribution >= 0.6 is 0 Å². The summed E-state index contributed by atoms with van der Waals surface area (Å²) in [4.78, 5) is 24.8. The number of aliphatic hydroxyl groups is 1. The molecule has 5 rings (SSSR count). The molecule has 1 spiro atoms. The number of allylic oxidation sites excluding steroid dienone is 1. The first kappa shape index (κ1) is 17.4. The topological polar surface area (TPSA) is 97.9 Å². The van der Waals surface area contributed by atoms with Crippen LogP contribution in [0.15, 0.2) is 23.8 Å². The van der Waals surface area contributed by atoms with Crippen LogP contribution in [0.5, 0.6) is 0 Å². The Kier molecular flexibility index (Phi) is 3.36. The molecule has 146 valence electrons. The summed E-state index contributed by atoms with van der Waals surface area (Å²) < 4.78 is 23.2. The van der Waals surface area contributed by atoms with Gasteiger partial charge in [0.15, 0.2) is 0 Å². The van der Waals surface area contributed by atoms with E-state index in [-0.39, 0.29) is 17.9 Å². The second kappa shape index (κ2) is 5.21. The molecule has 0 aromatic rings. The Morgan fingerprint density at radius 1 is 1.41 bits per heavy atom.